The van der Waals surface area contributed by atoms with Gasteiger partial charge in [0.25, 0.3) is 11.6 Å². The number of methoxy groups -OCH3 is 1. The van der Waals surface area contributed by atoms with Crippen molar-refractivity contribution < 1.29 is 19.2 Å². The van der Waals surface area contributed by atoms with Gasteiger partial charge in [-0.1, -0.05) is 0 Å². The number of nitrogens with one attached hydrogen (secondary N) is 1. The van der Waals surface area contributed by atoms with Gasteiger partial charge in [0, 0.05) is 17.7 Å². The van der Waals surface area contributed by atoms with Crippen molar-refractivity contribution >= 4 is 11.6 Å². The second-order valence-corrected chi connectivity index (χ2v) is 5.17. The fourth-order valence-electron chi connectivity index (χ4n) is 1.98. The second kappa shape index (κ2) is 7.96. The van der Waals surface area contributed by atoms with E-state index in [0.717, 1.165) is 5.75 Å². The highest BCUT2D eigenvalue weighted by molar-refractivity contribution is 5.94. The molecule has 0 saturated heterocycles. The molecule has 0 spiro atoms. The van der Waals surface area contributed by atoms with E-state index in [1.54, 1.807) is 31.4 Å². The van der Waals surface area contributed by atoms with Crippen LogP contribution in [-0.4, -0.2) is 30.6 Å². The zero-order valence-corrected chi connectivity index (χ0v) is 13.4. The number of rotatable bonds is 7. The number of nitrogens with zero attached hydrogens (tertiary/aromatic N) is 1. The summed E-state index contributed by atoms with van der Waals surface area (Å²) >= 11 is 0. The molecule has 1 atom stereocenters. The van der Waals surface area contributed by atoms with Gasteiger partial charge < -0.3 is 14.8 Å². The van der Waals surface area contributed by atoms with Crippen molar-refractivity contribution in [3.05, 3.63) is 64.2 Å². The van der Waals surface area contributed by atoms with E-state index >= 15 is 0 Å². The predicted molar refractivity (Wildman–Crippen MR) is 88.5 cm³/mol. The standard InChI is InChI=1S/C17H18N2O5/c1-12(11-24-16-9-7-15(23-2)8-10-16)18-17(20)13-3-5-14(6-4-13)19(21)22/h3-10,12H,11H2,1-2H3,(H,18,20)/t12-/m0/s1. The Balaban J connectivity index is 1.85. The molecule has 1 amide bonds. The number of carbonyl (C=O) groups is 1. The average molecular weight is 330 g/mol. The van der Waals surface area contributed by atoms with Crippen molar-refractivity contribution in [2.75, 3.05) is 13.7 Å². The highest BCUT2D eigenvalue weighted by Gasteiger charge is 2.12. The van der Waals surface area contributed by atoms with Crippen LogP contribution < -0.4 is 14.8 Å². The maximum atomic E-state index is 12.1. The van der Waals surface area contributed by atoms with Crippen molar-refractivity contribution in [1.82, 2.24) is 5.32 Å². The SMILES string of the molecule is COc1ccc(OC[C@H](C)NC(=O)c2ccc([N+](=O)[O-])cc2)cc1. The average Bonchev–Trinajstić information content (AvgIpc) is 2.60. The highest BCUT2D eigenvalue weighted by Crippen LogP contribution is 2.17. The molecule has 7 nitrogen and oxygen atoms in total. The van der Waals surface area contributed by atoms with Crippen molar-refractivity contribution in [3.63, 3.8) is 0 Å². The zero-order valence-electron chi connectivity index (χ0n) is 13.4. The van der Waals surface area contributed by atoms with Crippen LogP contribution >= 0.6 is 0 Å². The van der Waals surface area contributed by atoms with Crippen LogP contribution in [0.5, 0.6) is 11.5 Å². The summed E-state index contributed by atoms with van der Waals surface area (Å²) in [4.78, 5) is 22.2. The molecule has 126 valence electrons. The smallest absolute Gasteiger partial charge is 0.269 e. The van der Waals surface area contributed by atoms with E-state index in [0.29, 0.717) is 17.9 Å². The minimum atomic E-state index is -0.507. The van der Waals surface area contributed by atoms with Gasteiger partial charge in [0.1, 0.15) is 18.1 Å². The molecular weight excluding hydrogens is 312 g/mol. The third-order valence-corrected chi connectivity index (χ3v) is 3.28. The van der Waals surface area contributed by atoms with E-state index in [4.69, 9.17) is 9.47 Å². The third kappa shape index (κ3) is 4.70. The van der Waals surface area contributed by atoms with Gasteiger partial charge in [-0.15, -0.1) is 0 Å². The molecule has 2 aromatic rings. The first-order chi connectivity index (χ1) is 11.5. The topological polar surface area (TPSA) is 90.7 Å². The Labute approximate surface area is 139 Å². The monoisotopic (exact) mass is 330 g/mol. The summed E-state index contributed by atoms with van der Waals surface area (Å²) in [6.07, 6.45) is 0. The number of carbonyl (C=O) groups excluding carboxylic acids is 1. The molecule has 1 N–H and O–H groups in total. The van der Waals surface area contributed by atoms with Crippen molar-refractivity contribution in [1.29, 1.82) is 0 Å². The minimum Gasteiger partial charge on any atom is -0.497 e. The van der Waals surface area contributed by atoms with E-state index in [1.807, 2.05) is 6.92 Å². The summed E-state index contributed by atoms with van der Waals surface area (Å²) in [6, 6.07) is 12.4. The Bertz CT molecular complexity index is 698. The second-order valence-electron chi connectivity index (χ2n) is 5.17. The van der Waals surface area contributed by atoms with Crippen molar-refractivity contribution in [2.24, 2.45) is 0 Å². The van der Waals surface area contributed by atoms with Gasteiger partial charge in [-0.2, -0.15) is 0 Å². The van der Waals surface area contributed by atoms with Gasteiger partial charge in [0.15, 0.2) is 0 Å². The normalized spacial score (nSPS) is 11.4. The first-order valence-electron chi connectivity index (χ1n) is 7.32. The number of hydrogen-bond donors (Lipinski definition) is 1. The number of benzene rings is 2. The van der Waals surface area contributed by atoms with Crippen LogP contribution in [-0.2, 0) is 0 Å². The number of amides is 1. The molecule has 0 aliphatic rings. The summed E-state index contributed by atoms with van der Waals surface area (Å²) in [7, 11) is 1.59. The highest BCUT2D eigenvalue weighted by atomic mass is 16.6. The van der Waals surface area contributed by atoms with Crippen molar-refractivity contribution in [3.8, 4) is 11.5 Å². The van der Waals surface area contributed by atoms with Crippen LogP contribution in [0.1, 0.15) is 17.3 Å². The Kier molecular flexibility index (Phi) is 5.73. The number of nitro benzene ring substituents is 1. The molecule has 0 aromatic heterocycles. The lowest BCUT2D eigenvalue weighted by molar-refractivity contribution is -0.384. The predicted octanol–water partition coefficient (Wildman–Crippen LogP) is 2.80. The summed E-state index contributed by atoms with van der Waals surface area (Å²) in [6.45, 7) is 2.11. The lowest BCUT2D eigenvalue weighted by atomic mass is 10.2. The first-order valence-corrected chi connectivity index (χ1v) is 7.32. The first kappa shape index (κ1) is 17.3. The number of non-ortho nitro benzene ring substituents is 1. The van der Waals surface area contributed by atoms with Crippen LogP contribution in [0.25, 0.3) is 0 Å². The molecule has 0 fully saturated rings. The van der Waals surface area contributed by atoms with E-state index in [1.165, 1.54) is 24.3 Å². The lowest BCUT2D eigenvalue weighted by Gasteiger charge is -2.15. The Morgan fingerprint density at radius 2 is 1.71 bits per heavy atom. The zero-order chi connectivity index (χ0) is 17.5. The van der Waals surface area contributed by atoms with Gasteiger partial charge in [-0.25, -0.2) is 0 Å². The molecule has 7 heteroatoms. The van der Waals surface area contributed by atoms with Crippen LogP contribution in [0.2, 0.25) is 0 Å². The Morgan fingerprint density at radius 3 is 2.25 bits per heavy atom. The molecule has 0 heterocycles. The molecule has 0 radical (unpaired) electrons. The van der Waals surface area contributed by atoms with Crippen LogP contribution in [0.3, 0.4) is 0 Å². The number of ether oxygens (including phenoxy) is 2. The van der Waals surface area contributed by atoms with E-state index in [2.05, 4.69) is 5.32 Å². The fourth-order valence-corrected chi connectivity index (χ4v) is 1.98. The lowest BCUT2D eigenvalue weighted by Crippen LogP contribution is -2.36. The summed E-state index contributed by atoms with van der Waals surface area (Å²) in [5.41, 5.74) is 0.305. The third-order valence-electron chi connectivity index (χ3n) is 3.28. The van der Waals surface area contributed by atoms with E-state index in [-0.39, 0.29) is 17.6 Å². The van der Waals surface area contributed by atoms with Crippen LogP contribution in [0, 0.1) is 10.1 Å². The molecule has 0 bridgehead atoms. The molecule has 0 saturated carbocycles. The molecule has 24 heavy (non-hydrogen) atoms. The van der Waals surface area contributed by atoms with E-state index in [9.17, 15) is 14.9 Å². The molecule has 2 aromatic carbocycles. The summed E-state index contributed by atoms with van der Waals surface area (Å²) in [5, 5.41) is 13.4. The number of nitro groups is 1. The Hall–Kier alpha value is -3.09. The fraction of sp³-hybridized carbons (Fsp3) is 0.235. The van der Waals surface area contributed by atoms with Crippen LogP contribution in [0.4, 0.5) is 5.69 Å². The van der Waals surface area contributed by atoms with Gasteiger partial charge >= 0.3 is 0 Å². The molecule has 0 aliphatic heterocycles. The molecule has 0 unspecified atom stereocenters. The van der Waals surface area contributed by atoms with Gasteiger partial charge in [-0.3, -0.25) is 14.9 Å². The summed E-state index contributed by atoms with van der Waals surface area (Å²) < 4.78 is 10.7. The summed E-state index contributed by atoms with van der Waals surface area (Å²) in [5.74, 6) is 1.10. The maximum Gasteiger partial charge on any atom is 0.269 e. The van der Waals surface area contributed by atoms with Crippen molar-refractivity contribution in [2.45, 2.75) is 13.0 Å². The number of hydrogen-bond acceptors (Lipinski definition) is 5. The molecule has 0 aliphatic carbocycles. The maximum absolute atomic E-state index is 12.1. The van der Waals surface area contributed by atoms with E-state index < -0.39 is 4.92 Å². The Morgan fingerprint density at radius 1 is 1.12 bits per heavy atom. The molecule has 2 rings (SSSR count). The molecular formula is C17H18N2O5. The van der Waals surface area contributed by atoms with Gasteiger partial charge in [0.05, 0.1) is 18.1 Å². The quantitative estimate of drug-likeness (QED) is 0.622. The van der Waals surface area contributed by atoms with Gasteiger partial charge in [-0.05, 0) is 43.3 Å². The minimum absolute atomic E-state index is 0.0533. The van der Waals surface area contributed by atoms with Crippen LogP contribution in [0.15, 0.2) is 48.5 Å². The largest absolute Gasteiger partial charge is 0.497 e. The van der Waals surface area contributed by atoms with Gasteiger partial charge in [0.2, 0.25) is 0 Å².